The van der Waals surface area contributed by atoms with Gasteiger partial charge in [-0.1, -0.05) is 29.3 Å². The quantitative estimate of drug-likeness (QED) is 0.641. The number of rotatable bonds is 4. The lowest BCUT2D eigenvalue weighted by Gasteiger charge is -2.21. The second-order valence-electron chi connectivity index (χ2n) is 5.82. The summed E-state index contributed by atoms with van der Waals surface area (Å²) in [7, 11) is 3.88. The number of anilines is 4. The number of nitrogen functional groups attached to an aromatic ring is 2. The number of aromatic nitrogens is 2. The number of fused-ring (bicyclic) bond motifs is 1. The van der Waals surface area contributed by atoms with Gasteiger partial charge >= 0.3 is 0 Å². The van der Waals surface area contributed by atoms with Crippen molar-refractivity contribution in [2.24, 2.45) is 0 Å². The molecule has 0 radical (unpaired) electrons. The number of hydrogen-bond donors (Lipinski definition) is 3. The van der Waals surface area contributed by atoms with Gasteiger partial charge in [-0.25, -0.2) is 4.98 Å². The van der Waals surface area contributed by atoms with Crippen LogP contribution < -0.4 is 21.7 Å². The fourth-order valence-electron chi connectivity index (χ4n) is 2.71. The minimum Gasteiger partial charge on any atom is -0.383 e. The van der Waals surface area contributed by atoms with Gasteiger partial charge in [0.2, 0.25) is 5.95 Å². The highest BCUT2D eigenvalue weighted by Gasteiger charge is 2.15. The van der Waals surface area contributed by atoms with Gasteiger partial charge in [-0.3, -0.25) is 0 Å². The molecule has 0 aliphatic heterocycles. The largest absolute Gasteiger partial charge is 0.383 e. The van der Waals surface area contributed by atoms with Crippen LogP contribution in [0.4, 0.5) is 23.1 Å². The summed E-state index contributed by atoms with van der Waals surface area (Å²) in [5.74, 6) is 0.510. The highest BCUT2D eigenvalue weighted by molar-refractivity contribution is 6.42. The lowest BCUT2D eigenvalue weighted by atomic mass is 10.1. The number of nitrogens with zero attached hydrogens (tertiary/aromatic N) is 3. The Morgan fingerprint density at radius 3 is 2.48 bits per heavy atom. The average molecular weight is 377 g/mol. The zero-order chi connectivity index (χ0) is 18.1. The molecule has 0 spiro atoms. The molecule has 0 amide bonds. The molecule has 0 atom stereocenters. The van der Waals surface area contributed by atoms with Crippen LogP contribution in [0.3, 0.4) is 0 Å². The maximum atomic E-state index is 6.09. The van der Waals surface area contributed by atoms with Gasteiger partial charge in [-0.15, -0.1) is 0 Å². The standard InChI is InChI=1S/C17H18Cl2N6/c1-25(2)15-13(22-8-9-3-4-10(18)11(19)7-9)6-5-12-14(15)16(20)24-17(21)23-12/h3-7,22H,8H2,1-2H3,(H4,20,21,23,24). The van der Waals surface area contributed by atoms with Crippen LogP contribution in [0.1, 0.15) is 5.56 Å². The second kappa shape index (κ2) is 6.82. The topological polar surface area (TPSA) is 93.1 Å². The third-order valence-electron chi connectivity index (χ3n) is 3.80. The lowest BCUT2D eigenvalue weighted by Crippen LogP contribution is -2.14. The molecule has 2 aromatic carbocycles. The van der Waals surface area contributed by atoms with Gasteiger partial charge in [0.25, 0.3) is 0 Å². The molecule has 0 aliphatic rings. The van der Waals surface area contributed by atoms with E-state index in [9.17, 15) is 0 Å². The van der Waals surface area contributed by atoms with Gasteiger partial charge in [0.1, 0.15) is 5.82 Å². The average Bonchev–Trinajstić information content (AvgIpc) is 2.55. The number of halogens is 2. The first-order valence-electron chi connectivity index (χ1n) is 7.57. The van der Waals surface area contributed by atoms with E-state index in [0.717, 1.165) is 22.3 Å². The van der Waals surface area contributed by atoms with Crippen molar-refractivity contribution in [1.29, 1.82) is 0 Å². The highest BCUT2D eigenvalue weighted by atomic mass is 35.5. The third-order valence-corrected chi connectivity index (χ3v) is 4.54. The van der Waals surface area contributed by atoms with Gasteiger partial charge < -0.3 is 21.7 Å². The molecule has 25 heavy (non-hydrogen) atoms. The number of nitrogens with one attached hydrogen (secondary N) is 1. The Morgan fingerprint density at radius 1 is 1.04 bits per heavy atom. The van der Waals surface area contributed by atoms with Crippen LogP contribution in [0, 0.1) is 0 Å². The van der Waals surface area contributed by atoms with E-state index in [-0.39, 0.29) is 5.95 Å². The molecule has 8 heteroatoms. The summed E-state index contributed by atoms with van der Waals surface area (Å²) >= 11 is 12.0. The van der Waals surface area contributed by atoms with E-state index in [1.807, 2.05) is 43.3 Å². The summed E-state index contributed by atoms with van der Waals surface area (Å²) in [6, 6.07) is 9.36. The fraction of sp³-hybridized carbons (Fsp3) is 0.176. The zero-order valence-electron chi connectivity index (χ0n) is 13.8. The monoisotopic (exact) mass is 376 g/mol. The number of nitrogens with two attached hydrogens (primary N) is 2. The second-order valence-corrected chi connectivity index (χ2v) is 6.63. The van der Waals surface area contributed by atoms with Crippen LogP contribution in [0.5, 0.6) is 0 Å². The molecule has 1 heterocycles. The molecule has 0 aliphatic carbocycles. The van der Waals surface area contributed by atoms with E-state index in [0.29, 0.717) is 27.9 Å². The van der Waals surface area contributed by atoms with Crippen LogP contribution in [-0.2, 0) is 6.54 Å². The Bertz CT molecular complexity index is 942. The molecule has 0 fully saturated rings. The molecule has 3 aromatic rings. The molecule has 6 nitrogen and oxygen atoms in total. The first kappa shape index (κ1) is 17.4. The van der Waals surface area contributed by atoms with Crippen molar-refractivity contribution in [2.75, 3.05) is 35.8 Å². The summed E-state index contributed by atoms with van der Waals surface area (Å²) in [6.45, 7) is 0.582. The molecule has 3 rings (SSSR count). The SMILES string of the molecule is CN(C)c1c(NCc2ccc(Cl)c(Cl)c2)ccc2nc(N)nc(N)c12. The van der Waals surface area contributed by atoms with Crippen LogP contribution in [-0.4, -0.2) is 24.1 Å². The Kier molecular flexibility index (Phi) is 4.74. The molecule has 0 saturated carbocycles. The van der Waals surface area contributed by atoms with Crippen molar-refractivity contribution in [2.45, 2.75) is 6.54 Å². The number of hydrogen-bond acceptors (Lipinski definition) is 6. The lowest BCUT2D eigenvalue weighted by molar-refractivity contribution is 1.10. The Hall–Kier alpha value is -2.44. The smallest absolute Gasteiger partial charge is 0.222 e. The molecular formula is C17H18Cl2N6. The van der Waals surface area contributed by atoms with Gasteiger partial charge in [0, 0.05) is 20.6 Å². The molecule has 0 saturated heterocycles. The highest BCUT2D eigenvalue weighted by Crippen LogP contribution is 2.36. The zero-order valence-corrected chi connectivity index (χ0v) is 15.4. The molecule has 130 valence electrons. The number of benzene rings is 2. The van der Waals surface area contributed by atoms with Crippen molar-refractivity contribution in [1.82, 2.24) is 9.97 Å². The molecule has 0 unspecified atom stereocenters. The minimum absolute atomic E-state index is 0.159. The predicted octanol–water partition coefficient (Wildman–Crippen LogP) is 3.78. The van der Waals surface area contributed by atoms with E-state index in [1.165, 1.54) is 0 Å². The first-order valence-corrected chi connectivity index (χ1v) is 8.33. The normalized spacial score (nSPS) is 10.9. The van der Waals surface area contributed by atoms with E-state index < -0.39 is 0 Å². The van der Waals surface area contributed by atoms with Crippen LogP contribution in [0.2, 0.25) is 10.0 Å². The van der Waals surface area contributed by atoms with E-state index in [2.05, 4.69) is 15.3 Å². The van der Waals surface area contributed by atoms with Crippen molar-refractivity contribution in [3.8, 4) is 0 Å². The maximum Gasteiger partial charge on any atom is 0.222 e. The van der Waals surface area contributed by atoms with Crippen LogP contribution in [0.25, 0.3) is 10.9 Å². The summed E-state index contributed by atoms with van der Waals surface area (Å²) < 4.78 is 0. The van der Waals surface area contributed by atoms with Gasteiger partial charge in [-0.05, 0) is 29.8 Å². The molecule has 0 bridgehead atoms. The van der Waals surface area contributed by atoms with Crippen molar-refractivity contribution in [3.05, 3.63) is 45.9 Å². The van der Waals surface area contributed by atoms with Crippen molar-refractivity contribution in [3.63, 3.8) is 0 Å². The van der Waals surface area contributed by atoms with Crippen LogP contribution >= 0.6 is 23.2 Å². The predicted molar refractivity (Wildman–Crippen MR) is 106 cm³/mol. The Morgan fingerprint density at radius 2 is 1.80 bits per heavy atom. The summed E-state index contributed by atoms with van der Waals surface area (Å²) in [5.41, 5.74) is 15.3. The maximum absolute atomic E-state index is 6.09. The summed E-state index contributed by atoms with van der Waals surface area (Å²) in [4.78, 5) is 10.3. The third kappa shape index (κ3) is 3.50. The summed E-state index contributed by atoms with van der Waals surface area (Å²) in [6.07, 6.45) is 0. The Balaban J connectivity index is 2.00. The molecule has 1 aromatic heterocycles. The molecular weight excluding hydrogens is 359 g/mol. The van der Waals surface area contributed by atoms with Crippen LogP contribution in [0.15, 0.2) is 30.3 Å². The summed E-state index contributed by atoms with van der Waals surface area (Å²) in [5, 5.41) is 5.23. The van der Waals surface area contributed by atoms with E-state index >= 15 is 0 Å². The fourth-order valence-corrected chi connectivity index (χ4v) is 3.03. The van der Waals surface area contributed by atoms with Gasteiger partial charge in [-0.2, -0.15) is 4.98 Å². The van der Waals surface area contributed by atoms with Crippen molar-refractivity contribution >= 4 is 57.2 Å². The first-order chi connectivity index (χ1) is 11.9. The molecule has 5 N–H and O–H groups in total. The minimum atomic E-state index is 0.159. The van der Waals surface area contributed by atoms with E-state index in [4.69, 9.17) is 34.7 Å². The van der Waals surface area contributed by atoms with E-state index in [1.54, 1.807) is 6.07 Å². The Labute approximate surface area is 155 Å². The van der Waals surface area contributed by atoms with Crippen molar-refractivity contribution < 1.29 is 0 Å². The van der Waals surface area contributed by atoms with Gasteiger partial charge in [0.15, 0.2) is 0 Å². The van der Waals surface area contributed by atoms with Gasteiger partial charge in [0.05, 0.1) is 32.3 Å².